The van der Waals surface area contributed by atoms with Crippen molar-refractivity contribution in [1.82, 2.24) is 10.2 Å². The van der Waals surface area contributed by atoms with Crippen LogP contribution in [0.1, 0.15) is 19.3 Å². The van der Waals surface area contributed by atoms with Gasteiger partial charge in [-0.25, -0.2) is 0 Å². The molecule has 0 rings (SSSR count). The highest BCUT2D eigenvalue weighted by Crippen LogP contribution is 1.90. The maximum atomic E-state index is 11.3. The second-order valence-electron chi connectivity index (χ2n) is 3.82. The number of amides is 1. The van der Waals surface area contributed by atoms with Crippen molar-refractivity contribution in [3.63, 3.8) is 0 Å². The zero-order chi connectivity index (χ0) is 11.7. The molecule has 86 valence electrons. The maximum Gasteiger partial charge on any atom is 0.237 e. The number of unbranched alkanes of at least 4 members (excludes halogenated alkanes) is 1. The molecule has 0 fully saturated rings. The summed E-state index contributed by atoms with van der Waals surface area (Å²) in [5, 5.41) is 2.76. The minimum absolute atomic E-state index is 0.155. The molecule has 0 aromatic carbocycles. The lowest BCUT2D eigenvalue weighted by Crippen LogP contribution is -2.40. The Morgan fingerprint density at radius 1 is 1.53 bits per heavy atom. The van der Waals surface area contributed by atoms with Crippen molar-refractivity contribution in [1.29, 1.82) is 0 Å². The molecular weight excluding hydrogens is 190 g/mol. The third kappa shape index (κ3) is 7.98. The first-order valence-electron chi connectivity index (χ1n) is 5.19. The van der Waals surface area contributed by atoms with Gasteiger partial charge in [-0.3, -0.25) is 4.79 Å². The van der Waals surface area contributed by atoms with Crippen LogP contribution in [0.3, 0.4) is 0 Å². The Morgan fingerprint density at radius 2 is 2.20 bits per heavy atom. The molecule has 0 aromatic heterocycles. The van der Waals surface area contributed by atoms with Crippen molar-refractivity contribution < 1.29 is 4.79 Å². The van der Waals surface area contributed by atoms with Gasteiger partial charge >= 0.3 is 0 Å². The van der Waals surface area contributed by atoms with Crippen LogP contribution in [0.4, 0.5) is 0 Å². The van der Waals surface area contributed by atoms with Crippen LogP contribution in [0, 0.1) is 12.3 Å². The molecule has 0 aliphatic rings. The third-order valence-electron chi connectivity index (χ3n) is 2.01. The van der Waals surface area contributed by atoms with E-state index >= 15 is 0 Å². The van der Waals surface area contributed by atoms with Gasteiger partial charge in [0.1, 0.15) is 0 Å². The van der Waals surface area contributed by atoms with E-state index in [1.807, 2.05) is 14.1 Å². The van der Waals surface area contributed by atoms with Crippen LogP contribution in [0.5, 0.6) is 0 Å². The van der Waals surface area contributed by atoms with Gasteiger partial charge in [-0.2, -0.15) is 0 Å². The van der Waals surface area contributed by atoms with Gasteiger partial charge in [-0.1, -0.05) is 0 Å². The normalized spacial score (nSPS) is 12.2. The minimum atomic E-state index is -0.566. The monoisotopic (exact) mass is 211 g/mol. The van der Waals surface area contributed by atoms with Crippen molar-refractivity contribution >= 4 is 5.91 Å². The first kappa shape index (κ1) is 13.9. The summed E-state index contributed by atoms with van der Waals surface area (Å²) < 4.78 is 0. The van der Waals surface area contributed by atoms with E-state index in [9.17, 15) is 4.79 Å². The SMILES string of the molecule is C#CCC(N)C(=O)NCCCCN(C)C. The van der Waals surface area contributed by atoms with Crippen LogP contribution in [-0.4, -0.2) is 44.0 Å². The number of rotatable bonds is 7. The van der Waals surface area contributed by atoms with Crippen LogP contribution >= 0.6 is 0 Å². The Morgan fingerprint density at radius 3 is 2.73 bits per heavy atom. The van der Waals surface area contributed by atoms with E-state index in [1.54, 1.807) is 0 Å². The molecule has 0 heterocycles. The summed E-state index contributed by atoms with van der Waals surface area (Å²) in [4.78, 5) is 13.4. The molecule has 0 aliphatic carbocycles. The van der Waals surface area contributed by atoms with Crippen LogP contribution in [0.15, 0.2) is 0 Å². The third-order valence-corrected chi connectivity index (χ3v) is 2.01. The molecule has 0 saturated carbocycles. The summed E-state index contributed by atoms with van der Waals surface area (Å²) in [6.45, 7) is 1.71. The molecule has 4 heteroatoms. The van der Waals surface area contributed by atoms with Crippen molar-refractivity contribution in [3.05, 3.63) is 0 Å². The van der Waals surface area contributed by atoms with Crippen molar-refractivity contribution in [3.8, 4) is 12.3 Å². The fourth-order valence-electron chi connectivity index (χ4n) is 1.12. The number of nitrogens with one attached hydrogen (secondary N) is 1. The zero-order valence-electron chi connectivity index (χ0n) is 9.62. The summed E-state index contributed by atoms with van der Waals surface area (Å²) in [5.41, 5.74) is 5.53. The van der Waals surface area contributed by atoms with Gasteiger partial charge in [0.15, 0.2) is 0 Å². The van der Waals surface area contributed by atoms with E-state index in [2.05, 4.69) is 16.1 Å². The van der Waals surface area contributed by atoms with Gasteiger partial charge in [0.2, 0.25) is 5.91 Å². The molecule has 3 N–H and O–H groups in total. The van der Waals surface area contributed by atoms with E-state index in [0.29, 0.717) is 13.0 Å². The fourth-order valence-corrected chi connectivity index (χ4v) is 1.12. The standard InChI is InChI=1S/C11H21N3O/c1-4-7-10(12)11(15)13-8-5-6-9-14(2)3/h1,10H,5-9,12H2,2-3H3,(H,13,15). The fraction of sp³-hybridized carbons (Fsp3) is 0.727. The van der Waals surface area contributed by atoms with Gasteiger partial charge in [0.25, 0.3) is 0 Å². The van der Waals surface area contributed by atoms with Crippen LogP contribution in [-0.2, 0) is 4.79 Å². The van der Waals surface area contributed by atoms with Gasteiger partial charge < -0.3 is 16.0 Å². The summed E-state index contributed by atoms with van der Waals surface area (Å²) in [5.74, 6) is 2.22. The molecule has 1 amide bonds. The van der Waals surface area contributed by atoms with Gasteiger partial charge in [-0.15, -0.1) is 12.3 Å². The number of nitrogens with zero attached hydrogens (tertiary/aromatic N) is 1. The van der Waals surface area contributed by atoms with E-state index in [1.165, 1.54) is 0 Å². The number of hydrogen-bond acceptors (Lipinski definition) is 3. The van der Waals surface area contributed by atoms with E-state index < -0.39 is 6.04 Å². The Bertz CT molecular complexity index is 220. The zero-order valence-corrected chi connectivity index (χ0v) is 9.62. The Kier molecular flexibility index (Phi) is 7.69. The van der Waals surface area contributed by atoms with Crippen molar-refractivity contribution in [2.75, 3.05) is 27.2 Å². The first-order chi connectivity index (χ1) is 7.07. The quantitative estimate of drug-likeness (QED) is 0.453. The highest BCUT2D eigenvalue weighted by atomic mass is 16.2. The van der Waals surface area contributed by atoms with Gasteiger partial charge in [0.05, 0.1) is 6.04 Å². The largest absolute Gasteiger partial charge is 0.355 e. The predicted octanol–water partition coefficient (Wildman–Crippen LogP) is -0.205. The second kappa shape index (κ2) is 8.27. The molecule has 0 saturated heterocycles. The highest BCUT2D eigenvalue weighted by molar-refractivity contribution is 5.81. The topological polar surface area (TPSA) is 58.4 Å². The van der Waals surface area contributed by atoms with E-state index in [0.717, 1.165) is 19.4 Å². The molecule has 0 bridgehead atoms. The highest BCUT2D eigenvalue weighted by Gasteiger charge is 2.10. The second-order valence-corrected chi connectivity index (χ2v) is 3.82. The Hall–Kier alpha value is -1.05. The molecule has 0 aromatic rings. The molecule has 0 aliphatic heterocycles. The lowest BCUT2D eigenvalue weighted by atomic mass is 10.2. The summed E-state index contributed by atoms with van der Waals surface area (Å²) >= 11 is 0. The molecule has 1 atom stereocenters. The molecule has 1 unspecified atom stereocenters. The smallest absolute Gasteiger partial charge is 0.237 e. The van der Waals surface area contributed by atoms with E-state index in [-0.39, 0.29) is 5.91 Å². The Balaban J connectivity index is 3.43. The van der Waals surface area contributed by atoms with Gasteiger partial charge in [0, 0.05) is 13.0 Å². The number of terminal acetylenes is 1. The summed E-state index contributed by atoms with van der Waals surface area (Å²) in [6, 6.07) is -0.566. The number of carbonyl (C=O) groups is 1. The van der Waals surface area contributed by atoms with Crippen molar-refractivity contribution in [2.45, 2.75) is 25.3 Å². The molecular formula is C11H21N3O. The van der Waals surface area contributed by atoms with Gasteiger partial charge in [-0.05, 0) is 33.5 Å². The van der Waals surface area contributed by atoms with Crippen LogP contribution in [0.2, 0.25) is 0 Å². The lowest BCUT2D eigenvalue weighted by Gasteiger charge is -2.11. The Labute approximate surface area is 92.2 Å². The summed E-state index contributed by atoms with van der Waals surface area (Å²) in [6.07, 6.45) is 7.39. The first-order valence-corrected chi connectivity index (χ1v) is 5.19. The number of hydrogen-bond donors (Lipinski definition) is 2. The molecule has 0 spiro atoms. The number of nitrogens with two attached hydrogens (primary N) is 1. The predicted molar refractivity (Wildman–Crippen MR) is 62.2 cm³/mol. The average molecular weight is 211 g/mol. The average Bonchev–Trinajstić information content (AvgIpc) is 2.16. The summed E-state index contributed by atoms with van der Waals surface area (Å²) in [7, 11) is 4.06. The molecule has 15 heavy (non-hydrogen) atoms. The van der Waals surface area contributed by atoms with Crippen LogP contribution < -0.4 is 11.1 Å². The maximum absolute atomic E-state index is 11.3. The lowest BCUT2D eigenvalue weighted by molar-refractivity contribution is -0.122. The number of carbonyl (C=O) groups excluding carboxylic acids is 1. The molecule has 0 radical (unpaired) electrons. The molecule has 4 nitrogen and oxygen atoms in total. The minimum Gasteiger partial charge on any atom is -0.355 e. The van der Waals surface area contributed by atoms with Crippen molar-refractivity contribution in [2.24, 2.45) is 5.73 Å². The van der Waals surface area contributed by atoms with E-state index in [4.69, 9.17) is 12.2 Å². The van der Waals surface area contributed by atoms with Crippen LogP contribution in [0.25, 0.3) is 0 Å².